The number of rotatable bonds is 1. The molecule has 0 N–H and O–H groups in total. The number of aromatic nitrogens is 1. The molecule has 3 nitrogen and oxygen atoms in total. The lowest BCUT2D eigenvalue weighted by molar-refractivity contribution is 0.585. The maximum absolute atomic E-state index is 13.5. The van der Waals surface area contributed by atoms with Gasteiger partial charge in [0.05, 0.1) is 5.69 Å². The van der Waals surface area contributed by atoms with E-state index in [4.69, 9.17) is 4.99 Å². The van der Waals surface area contributed by atoms with Gasteiger partial charge in [0.25, 0.3) is 0 Å². The van der Waals surface area contributed by atoms with Gasteiger partial charge in [-0.15, -0.1) is 24.8 Å². The van der Waals surface area contributed by atoms with E-state index in [1.807, 2.05) is 43.3 Å². The molecular weight excluding hydrogens is 324 g/mol. The van der Waals surface area contributed by atoms with Gasteiger partial charge < -0.3 is 4.90 Å². The zero-order valence-corrected chi connectivity index (χ0v) is 14.0. The molecule has 2 heterocycles. The van der Waals surface area contributed by atoms with Gasteiger partial charge in [0.2, 0.25) is 0 Å². The highest BCUT2D eigenvalue weighted by Gasteiger charge is 2.25. The second-order valence-electron chi connectivity index (χ2n) is 5.12. The number of nitrogens with zero attached hydrogens (tertiary/aromatic N) is 3. The summed E-state index contributed by atoms with van der Waals surface area (Å²) in [4.78, 5) is 11.2. The standard InChI is InChI=1S/C16H16FN3.2ClH/c1-20(2)15-10-11-9-12(17)6-7-13(11)16(19-15)14-5-3-4-8-18-14;;/h3-9,16H,10H2,1-2H3;2*1H. The van der Waals surface area contributed by atoms with E-state index in [9.17, 15) is 4.39 Å². The quantitative estimate of drug-likeness (QED) is 0.791. The van der Waals surface area contributed by atoms with E-state index in [1.54, 1.807) is 12.3 Å². The van der Waals surface area contributed by atoms with Crippen molar-refractivity contribution in [2.45, 2.75) is 12.5 Å². The van der Waals surface area contributed by atoms with Crippen molar-refractivity contribution in [1.82, 2.24) is 9.88 Å². The zero-order valence-electron chi connectivity index (χ0n) is 12.4. The fourth-order valence-electron chi connectivity index (χ4n) is 2.47. The molecule has 22 heavy (non-hydrogen) atoms. The molecule has 1 aromatic carbocycles. The molecule has 0 bridgehead atoms. The Hall–Kier alpha value is -1.65. The van der Waals surface area contributed by atoms with Gasteiger partial charge in [0, 0.05) is 26.7 Å². The Morgan fingerprint density at radius 1 is 1.14 bits per heavy atom. The highest BCUT2D eigenvalue weighted by atomic mass is 35.5. The lowest BCUT2D eigenvalue weighted by atomic mass is 9.92. The molecule has 1 unspecified atom stereocenters. The topological polar surface area (TPSA) is 28.5 Å². The van der Waals surface area contributed by atoms with Crippen LogP contribution < -0.4 is 0 Å². The summed E-state index contributed by atoms with van der Waals surface area (Å²) in [6, 6.07) is 10.5. The van der Waals surface area contributed by atoms with Gasteiger partial charge in [0.15, 0.2) is 0 Å². The van der Waals surface area contributed by atoms with Crippen molar-refractivity contribution in [2.24, 2.45) is 4.99 Å². The van der Waals surface area contributed by atoms with Crippen LogP contribution >= 0.6 is 24.8 Å². The number of aliphatic imine (C=N–C) groups is 1. The maximum atomic E-state index is 13.5. The molecule has 0 radical (unpaired) electrons. The molecule has 0 saturated carbocycles. The summed E-state index contributed by atoms with van der Waals surface area (Å²) in [6.45, 7) is 0. The summed E-state index contributed by atoms with van der Waals surface area (Å²) >= 11 is 0. The molecular formula is C16H18Cl2FN3. The van der Waals surface area contributed by atoms with E-state index < -0.39 is 0 Å². The van der Waals surface area contributed by atoms with Gasteiger partial charge in [-0.25, -0.2) is 4.39 Å². The van der Waals surface area contributed by atoms with Crippen molar-refractivity contribution in [2.75, 3.05) is 14.1 Å². The summed E-state index contributed by atoms with van der Waals surface area (Å²) in [6.07, 6.45) is 2.42. The number of likely N-dealkylation sites (N-methyl/N-ethyl adjacent to an activating group) is 1. The van der Waals surface area contributed by atoms with E-state index in [1.165, 1.54) is 6.07 Å². The summed E-state index contributed by atoms with van der Waals surface area (Å²) in [5.74, 6) is 0.738. The van der Waals surface area contributed by atoms with E-state index in [0.29, 0.717) is 6.42 Å². The second kappa shape index (κ2) is 7.56. The van der Waals surface area contributed by atoms with Crippen LogP contribution in [0.3, 0.4) is 0 Å². The highest BCUT2D eigenvalue weighted by molar-refractivity contribution is 5.86. The van der Waals surface area contributed by atoms with Gasteiger partial charge in [-0.05, 0) is 35.4 Å². The first kappa shape index (κ1) is 18.4. The van der Waals surface area contributed by atoms with Crippen molar-refractivity contribution in [3.63, 3.8) is 0 Å². The minimum Gasteiger partial charge on any atom is -0.366 e. The fraction of sp³-hybridized carbons (Fsp3) is 0.250. The predicted octanol–water partition coefficient (Wildman–Crippen LogP) is 3.67. The number of benzene rings is 1. The Balaban J connectivity index is 0.00000121. The first-order chi connectivity index (χ1) is 9.65. The Morgan fingerprint density at radius 2 is 1.91 bits per heavy atom. The van der Waals surface area contributed by atoms with E-state index >= 15 is 0 Å². The molecule has 0 amide bonds. The van der Waals surface area contributed by atoms with Crippen molar-refractivity contribution in [3.8, 4) is 0 Å². The number of hydrogen-bond acceptors (Lipinski definition) is 3. The van der Waals surface area contributed by atoms with Gasteiger partial charge >= 0.3 is 0 Å². The molecule has 0 spiro atoms. The molecule has 1 aromatic heterocycles. The Bertz CT molecular complexity index is 660. The van der Waals surface area contributed by atoms with Crippen LogP contribution in [0.1, 0.15) is 22.9 Å². The molecule has 2 aromatic rings. The smallest absolute Gasteiger partial charge is 0.123 e. The predicted molar refractivity (Wildman–Crippen MR) is 91.8 cm³/mol. The van der Waals surface area contributed by atoms with Crippen LogP contribution in [0, 0.1) is 5.82 Å². The number of hydrogen-bond donors (Lipinski definition) is 0. The van der Waals surface area contributed by atoms with Crippen LogP contribution in [0.15, 0.2) is 47.6 Å². The van der Waals surface area contributed by atoms with Crippen LogP contribution in [0.2, 0.25) is 0 Å². The van der Waals surface area contributed by atoms with Crippen molar-refractivity contribution >= 4 is 30.6 Å². The Morgan fingerprint density at radius 3 is 2.55 bits per heavy atom. The summed E-state index contributed by atoms with van der Waals surface area (Å²) < 4.78 is 13.5. The van der Waals surface area contributed by atoms with Crippen molar-refractivity contribution in [1.29, 1.82) is 0 Å². The zero-order chi connectivity index (χ0) is 14.1. The van der Waals surface area contributed by atoms with Crippen LogP contribution in [0.5, 0.6) is 0 Å². The summed E-state index contributed by atoms with van der Waals surface area (Å²) in [5, 5.41) is 0. The van der Waals surface area contributed by atoms with E-state index in [0.717, 1.165) is 22.7 Å². The SMILES string of the molecule is CN(C)C1=NC(c2ccccn2)c2ccc(F)cc2C1.Cl.Cl. The third kappa shape index (κ3) is 3.57. The molecule has 1 atom stereocenters. The van der Waals surface area contributed by atoms with Gasteiger partial charge in [-0.2, -0.15) is 0 Å². The molecule has 1 aliphatic heterocycles. The average molecular weight is 342 g/mol. The number of pyridine rings is 1. The second-order valence-corrected chi connectivity index (χ2v) is 5.12. The number of halogens is 3. The van der Waals surface area contributed by atoms with Gasteiger partial charge in [-0.1, -0.05) is 12.1 Å². The summed E-state index contributed by atoms with van der Waals surface area (Å²) in [5.41, 5.74) is 2.91. The molecule has 0 fully saturated rings. The third-order valence-corrected chi connectivity index (χ3v) is 3.51. The lowest BCUT2D eigenvalue weighted by Crippen LogP contribution is -2.29. The maximum Gasteiger partial charge on any atom is 0.123 e. The highest BCUT2D eigenvalue weighted by Crippen LogP contribution is 2.32. The lowest BCUT2D eigenvalue weighted by Gasteiger charge is -2.27. The van der Waals surface area contributed by atoms with Crippen LogP contribution in [-0.2, 0) is 6.42 Å². The van der Waals surface area contributed by atoms with Crippen molar-refractivity contribution in [3.05, 3.63) is 65.2 Å². The van der Waals surface area contributed by atoms with Crippen molar-refractivity contribution < 1.29 is 4.39 Å². The normalized spacial score (nSPS) is 15.8. The fourth-order valence-corrected chi connectivity index (χ4v) is 2.47. The molecule has 1 aliphatic rings. The number of amidine groups is 1. The first-order valence-electron chi connectivity index (χ1n) is 6.58. The summed E-state index contributed by atoms with van der Waals surface area (Å²) in [7, 11) is 3.91. The molecule has 0 saturated heterocycles. The number of fused-ring (bicyclic) bond motifs is 1. The third-order valence-electron chi connectivity index (χ3n) is 3.51. The minimum atomic E-state index is -0.205. The van der Waals surface area contributed by atoms with E-state index in [2.05, 4.69) is 4.98 Å². The van der Waals surface area contributed by atoms with E-state index in [-0.39, 0.29) is 36.7 Å². The molecule has 0 aliphatic carbocycles. The molecule has 3 rings (SSSR count). The first-order valence-corrected chi connectivity index (χ1v) is 6.58. The van der Waals surface area contributed by atoms with Crippen LogP contribution in [0.25, 0.3) is 0 Å². The van der Waals surface area contributed by atoms with Crippen LogP contribution in [-0.4, -0.2) is 29.8 Å². The monoisotopic (exact) mass is 341 g/mol. The largest absolute Gasteiger partial charge is 0.366 e. The Kier molecular flexibility index (Phi) is 6.33. The van der Waals surface area contributed by atoms with Crippen LogP contribution in [0.4, 0.5) is 4.39 Å². The van der Waals surface area contributed by atoms with Gasteiger partial charge in [-0.3, -0.25) is 9.98 Å². The Labute approximate surface area is 142 Å². The minimum absolute atomic E-state index is 0. The molecule has 6 heteroatoms. The van der Waals surface area contributed by atoms with Gasteiger partial charge in [0.1, 0.15) is 17.7 Å². The average Bonchev–Trinajstić information content (AvgIpc) is 2.46. The molecule has 118 valence electrons.